The molecule has 0 spiro atoms. The third-order valence-electron chi connectivity index (χ3n) is 3.71. The maximum Gasteiger partial charge on any atom is 0.181 e. The largest absolute Gasteiger partial charge is 0.448 e. The van der Waals surface area contributed by atoms with Gasteiger partial charge in [0, 0.05) is 16.5 Å². The Kier molecular flexibility index (Phi) is 3.50. The van der Waals surface area contributed by atoms with Crippen LogP contribution in [0.2, 0.25) is 0 Å². The third kappa shape index (κ3) is 2.51. The number of hydrogen-bond acceptors (Lipinski definition) is 2. The molecule has 0 radical (unpaired) electrons. The summed E-state index contributed by atoms with van der Waals surface area (Å²) in [7, 11) is 0. The van der Waals surface area contributed by atoms with Gasteiger partial charge in [0.1, 0.15) is 11.5 Å². The SMILES string of the molecule is Brc1ccc(-c2ncoc2CC2CCCC2)cc1. The normalized spacial score (nSPS) is 16.3. The van der Waals surface area contributed by atoms with Crippen LogP contribution < -0.4 is 0 Å². The maximum absolute atomic E-state index is 5.59. The van der Waals surface area contributed by atoms with Crippen LogP contribution >= 0.6 is 15.9 Å². The van der Waals surface area contributed by atoms with Gasteiger partial charge in [-0.25, -0.2) is 4.98 Å². The Labute approximate surface area is 116 Å². The van der Waals surface area contributed by atoms with Gasteiger partial charge in [-0.2, -0.15) is 0 Å². The Balaban J connectivity index is 1.84. The van der Waals surface area contributed by atoms with E-state index < -0.39 is 0 Å². The number of aromatic nitrogens is 1. The van der Waals surface area contributed by atoms with Crippen LogP contribution in [0.3, 0.4) is 0 Å². The van der Waals surface area contributed by atoms with Crippen molar-refractivity contribution in [3.8, 4) is 11.3 Å². The van der Waals surface area contributed by atoms with E-state index >= 15 is 0 Å². The summed E-state index contributed by atoms with van der Waals surface area (Å²) in [5.74, 6) is 1.83. The van der Waals surface area contributed by atoms with Crippen LogP contribution in [0.5, 0.6) is 0 Å². The van der Waals surface area contributed by atoms with E-state index in [0.717, 1.165) is 33.8 Å². The second-order valence-corrected chi connectivity index (χ2v) is 5.90. The first-order chi connectivity index (χ1) is 8.83. The molecule has 1 aliphatic rings. The lowest BCUT2D eigenvalue weighted by molar-refractivity contribution is 0.443. The Bertz CT molecular complexity index is 512. The third-order valence-corrected chi connectivity index (χ3v) is 4.24. The van der Waals surface area contributed by atoms with Crippen molar-refractivity contribution in [2.45, 2.75) is 32.1 Å². The number of halogens is 1. The van der Waals surface area contributed by atoms with E-state index in [1.807, 2.05) is 12.1 Å². The van der Waals surface area contributed by atoms with E-state index in [-0.39, 0.29) is 0 Å². The first kappa shape index (κ1) is 12.0. The second-order valence-electron chi connectivity index (χ2n) is 4.99. The summed E-state index contributed by atoms with van der Waals surface area (Å²) < 4.78 is 6.68. The molecule has 1 saturated carbocycles. The summed E-state index contributed by atoms with van der Waals surface area (Å²) in [4.78, 5) is 4.38. The van der Waals surface area contributed by atoms with Gasteiger partial charge in [-0.1, -0.05) is 53.7 Å². The molecule has 0 bridgehead atoms. The zero-order chi connectivity index (χ0) is 12.4. The highest BCUT2D eigenvalue weighted by atomic mass is 79.9. The van der Waals surface area contributed by atoms with E-state index in [1.165, 1.54) is 25.7 Å². The number of rotatable bonds is 3. The van der Waals surface area contributed by atoms with E-state index in [9.17, 15) is 0 Å². The summed E-state index contributed by atoms with van der Waals surface area (Å²) in [5.41, 5.74) is 2.15. The molecule has 0 N–H and O–H groups in total. The topological polar surface area (TPSA) is 26.0 Å². The summed E-state index contributed by atoms with van der Waals surface area (Å²) in [5, 5.41) is 0. The average Bonchev–Trinajstić information content (AvgIpc) is 3.02. The van der Waals surface area contributed by atoms with Gasteiger partial charge in [-0.3, -0.25) is 0 Å². The molecule has 2 nitrogen and oxygen atoms in total. The van der Waals surface area contributed by atoms with Gasteiger partial charge < -0.3 is 4.42 Å². The molecule has 0 saturated heterocycles. The zero-order valence-corrected chi connectivity index (χ0v) is 11.8. The molecule has 18 heavy (non-hydrogen) atoms. The lowest BCUT2D eigenvalue weighted by Crippen LogP contribution is -1.99. The van der Waals surface area contributed by atoms with Gasteiger partial charge in [-0.15, -0.1) is 0 Å². The Morgan fingerprint density at radius 3 is 2.61 bits per heavy atom. The molecule has 0 amide bonds. The number of benzene rings is 1. The number of oxazole rings is 1. The highest BCUT2D eigenvalue weighted by molar-refractivity contribution is 9.10. The van der Waals surface area contributed by atoms with Crippen molar-refractivity contribution in [1.29, 1.82) is 0 Å². The molecule has 1 heterocycles. The standard InChI is InChI=1S/C15H16BrNO/c16-13-7-5-12(6-8-13)15-14(18-10-17-15)9-11-3-1-2-4-11/h5-8,10-11H,1-4,9H2. The van der Waals surface area contributed by atoms with E-state index in [0.29, 0.717) is 0 Å². The van der Waals surface area contributed by atoms with Crippen molar-refractivity contribution in [1.82, 2.24) is 4.98 Å². The van der Waals surface area contributed by atoms with Gasteiger partial charge in [0.2, 0.25) is 0 Å². The fourth-order valence-corrected chi connectivity index (χ4v) is 3.00. The predicted molar refractivity (Wildman–Crippen MR) is 75.3 cm³/mol. The fourth-order valence-electron chi connectivity index (χ4n) is 2.74. The Morgan fingerprint density at radius 1 is 1.17 bits per heavy atom. The molecule has 3 heteroatoms. The molecule has 94 valence electrons. The molecule has 1 fully saturated rings. The lowest BCUT2D eigenvalue weighted by Gasteiger charge is -2.07. The average molecular weight is 306 g/mol. The zero-order valence-electron chi connectivity index (χ0n) is 10.2. The molecule has 1 aliphatic carbocycles. The van der Waals surface area contributed by atoms with Crippen molar-refractivity contribution in [2.24, 2.45) is 5.92 Å². The smallest absolute Gasteiger partial charge is 0.181 e. The van der Waals surface area contributed by atoms with Gasteiger partial charge in [0.25, 0.3) is 0 Å². The van der Waals surface area contributed by atoms with Crippen molar-refractivity contribution in [3.05, 3.63) is 40.9 Å². The van der Waals surface area contributed by atoms with Crippen LogP contribution in [0.15, 0.2) is 39.5 Å². The summed E-state index contributed by atoms with van der Waals surface area (Å²) >= 11 is 3.45. The Morgan fingerprint density at radius 2 is 1.89 bits per heavy atom. The van der Waals surface area contributed by atoms with Crippen LogP contribution in [0.25, 0.3) is 11.3 Å². The number of nitrogens with zero attached hydrogens (tertiary/aromatic N) is 1. The monoisotopic (exact) mass is 305 g/mol. The van der Waals surface area contributed by atoms with E-state index in [2.05, 4.69) is 33.0 Å². The Hall–Kier alpha value is -1.09. The molecule has 1 aromatic heterocycles. The second kappa shape index (κ2) is 5.27. The van der Waals surface area contributed by atoms with E-state index in [4.69, 9.17) is 4.42 Å². The molecule has 0 aliphatic heterocycles. The minimum absolute atomic E-state index is 0.784. The summed E-state index contributed by atoms with van der Waals surface area (Å²) in [6, 6.07) is 8.26. The molecule has 0 atom stereocenters. The van der Waals surface area contributed by atoms with Crippen LogP contribution in [0.1, 0.15) is 31.4 Å². The van der Waals surface area contributed by atoms with Gasteiger partial charge in [0.05, 0.1) is 0 Å². The first-order valence-corrected chi connectivity index (χ1v) is 7.30. The summed E-state index contributed by atoms with van der Waals surface area (Å²) in [6.45, 7) is 0. The van der Waals surface area contributed by atoms with Gasteiger partial charge >= 0.3 is 0 Å². The first-order valence-electron chi connectivity index (χ1n) is 6.51. The molecule has 1 aromatic carbocycles. The van der Waals surface area contributed by atoms with Crippen LogP contribution in [0.4, 0.5) is 0 Å². The minimum atomic E-state index is 0.784. The van der Waals surface area contributed by atoms with Crippen molar-refractivity contribution < 1.29 is 4.42 Å². The van der Waals surface area contributed by atoms with Gasteiger partial charge in [-0.05, 0) is 18.1 Å². The molecular weight excluding hydrogens is 290 g/mol. The lowest BCUT2D eigenvalue weighted by atomic mass is 9.99. The predicted octanol–water partition coefficient (Wildman–Crippen LogP) is 4.84. The summed E-state index contributed by atoms with van der Waals surface area (Å²) in [6.07, 6.45) is 8.01. The fraction of sp³-hybridized carbons (Fsp3) is 0.400. The molecule has 3 rings (SSSR count). The maximum atomic E-state index is 5.59. The molecule has 2 aromatic rings. The van der Waals surface area contributed by atoms with Crippen molar-refractivity contribution in [3.63, 3.8) is 0 Å². The highest BCUT2D eigenvalue weighted by Crippen LogP contribution is 2.31. The van der Waals surface area contributed by atoms with E-state index in [1.54, 1.807) is 6.39 Å². The highest BCUT2D eigenvalue weighted by Gasteiger charge is 2.20. The van der Waals surface area contributed by atoms with Gasteiger partial charge in [0.15, 0.2) is 6.39 Å². The quantitative estimate of drug-likeness (QED) is 0.811. The van der Waals surface area contributed by atoms with Crippen LogP contribution in [-0.2, 0) is 6.42 Å². The van der Waals surface area contributed by atoms with Crippen molar-refractivity contribution in [2.75, 3.05) is 0 Å². The molecule has 0 unspecified atom stereocenters. The minimum Gasteiger partial charge on any atom is -0.448 e. The molecular formula is C15H16BrNO. The van der Waals surface area contributed by atoms with Crippen LogP contribution in [0, 0.1) is 5.92 Å². The van der Waals surface area contributed by atoms with Crippen molar-refractivity contribution >= 4 is 15.9 Å². The number of hydrogen-bond donors (Lipinski definition) is 0. The van der Waals surface area contributed by atoms with Crippen LogP contribution in [-0.4, -0.2) is 4.98 Å².